The molecule has 0 amide bonds. The van der Waals surface area contributed by atoms with Crippen molar-refractivity contribution < 1.29 is 48.6 Å². The first-order valence-electron chi connectivity index (χ1n) is 16.2. The highest BCUT2D eigenvalue weighted by Gasteiger charge is 2.34. The molecule has 5 atom stereocenters. The molecule has 2 aliphatic rings. The van der Waals surface area contributed by atoms with E-state index in [1.807, 2.05) is 6.92 Å². The van der Waals surface area contributed by atoms with E-state index < -0.39 is 48.7 Å². The summed E-state index contributed by atoms with van der Waals surface area (Å²) in [4.78, 5) is 26.4. The van der Waals surface area contributed by atoms with Crippen LogP contribution >= 0.6 is 0 Å². The van der Waals surface area contributed by atoms with Gasteiger partial charge < -0.3 is 44.7 Å². The van der Waals surface area contributed by atoms with Gasteiger partial charge in [-0.15, -0.1) is 0 Å². The van der Waals surface area contributed by atoms with Crippen LogP contribution in [0.25, 0.3) is 0 Å². The summed E-state index contributed by atoms with van der Waals surface area (Å²) in [5.41, 5.74) is -0.361. The minimum absolute atomic E-state index is 0.0529. The van der Waals surface area contributed by atoms with Gasteiger partial charge in [-0.3, -0.25) is 9.80 Å². The molecule has 0 radical (unpaired) electrons. The number of aliphatic hydroxyl groups excluding tert-OH is 5. The van der Waals surface area contributed by atoms with E-state index in [0.717, 1.165) is 50.9 Å². The van der Waals surface area contributed by atoms with Gasteiger partial charge in [0.1, 0.15) is 42.0 Å². The fraction of sp³-hybridized carbons (Fsp3) is 0.656. The van der Waals surface area contributed by atoms with Gasteiger partial charge in [-0.05, 0) is 38.5 Å². The van der Waals surface area contributed by atoms with Crippen molar-refractivity contribution in [3.63, 3.8) is 0 Å². The van der Waals surface area contributed by atoms with Crippen molar-refractivity contribution in [3.8, 4) is 11.5 Å². The van der Waals surface area contributed by atoms with Crippen molar-refractivity contribution in [2.24, 2.45) is 5.92 Å². The second kappa shape index (κ2) is 17.9. The van der Waals surface area contributed by atoms with E-state index >= 15 is 8.78 Å². The Morgan fingerprint density at radius 2 is 1.53 bits per heavy atom. The third-order valence-electron chi connectivity index (χ3n) is 8.90. The van der Waals surface area contributed by atoms with Gasteiger partial charge in [-0.2, -0.15) is 0 Å². The molecule has 2 aromatic rings. The molecule has 0 bridgehead atoms. The Kier molecular flexibility index (Phi) is 14.0. The quantitative estimate of drug-likeness (QED) is 0.117. The molecule has 0 saturated carbocycles. The van der Waals surface area contributed by atoms with Gasteiger partial charge in [-0.25, -0.2) is 18.7 Å². The normalized spacial score (nSPS) is 20.0. The minimum Gasteiger partial charge on any atom is -0.493 e. The van der Waals surface area contributed by atoms with Crippen LogP contribution < -0.4 is 14.4 Å². The van der Waals surface area contributed by atoms with Crippen LogP contribution in [0.5, 0.6) is 11.5 Å². The number of nitrogens with zero attached hydrogens (tertiary/aromatic N) is 5. The largest absolute Gasteiger partial charge is 0.493 e. The van der Waals surface area contributed by atoms with E-state index in [4.69, 9.17) is 14.6 Å². The van der Waals surface area contributed by atoms with Gasteiger partial charge in [0.15, 0.2) is 5.75 Å². The van der Waals surface area contributed by atoms with Crippen LogP contribution in [-0.2, 0) is 4.79 Å². The highest BCUT2D eigenvalue weighted by Crippen LogP contribution is 2.30. The zero-order valence-electron chi connectivity index (χ0n) is 26.7. The molecule has 1 aromatic carbocycles. The van der Waals surface area contributed by atoms with Crippen LogP contribution in [0.2, 0.25) is 0 Å². The number of piperazine rings is 1. The lowest BCUT2D eigenvalue weighted by Crippen LogP contribution is -2.54. The van der Waals surface area contributed by atoms with Gasteiger partial charge in [-0.1, -0.05) is 0 Å². The summed E-state index contributed by atoms with van der Waals surface area (Å²) in [5.74, 6) is 0.139. The number of aromatic nitrogens is 2. The van der Waals surface area contributed by atoms with E-state index in [0.29, 0.717) is 50.2 Å². The molecule has 15 heteroatoms. The van der Waals surface area contributed by atoms with E-state index in [1.54, 1.807) is 22.2 Å². The van der Waals surface area contributed by atoms with E-state index in [-0.39, 0.29) is 30.9 Å². The molecule has 2 saturated heterocycles. The molecule has 1 unspecified atom stereocenters. The first-order valence-corrected chi connectivity index (χ1v) is 16.2. The van der Waals surface area contributed by atoms with Gasteiger partial charge in [0, 0.05) is 63.5 Å². The van der Waals surface area contributed by atoms with Crippen LogP contribution in [0.1, 0.15) is 44.2 Å². The van der Waals surface area contributed by atoms with Gasteiger partial charge >= 0.3 is 0 Å². The van der Waals surface area contributed by atoms with Gasteiger partial charge in [0.25, 0.3) is 0 Å². The maximum absolute atomic E-state index is 15.2. The molecule has 2 aliphatic heterocycles. The molecule has 13 nitrogen and oxygen atoms in total. The van der Waals surface area contributed by atoms with Crippen molar-refractivity contribution in [1.29, 1.82) is 0 Å². The van der Waals surface area contributed by atoms with Crippen molar-refractivity contribution >= 4 is 12.2 Å². The first kappa shape index (κ1) is 36.8. The lowest BCUT2D eigenvalue weighted by Gasteiger charge is -2.39. The number of hydrogen-bond donors (Lipinski definition) is 5. The monoisotopic (exact) mass is 667 g/mol. The van der Waals surface area contributed by atoms with Crippen molar-refractivity contribution in [2.75, 3.05) is 70.5 Å². The Morgan fingerprint density at radius 3 is 2.11 bits per heavy atom. The number of aldehydes is 1. The maximum Gasteiger partial charge on any atom is 0.225 e. The number of benzene rings is 1. The molecule has 0 aliphatic carbocycles. The number of piperidine rings is 1. The number of rotatable bonds is 17. The zero-order valence-corrected chi connectivity index (χ0v) is 26.7. The predicted molar refractivity (Wildman–Crippen MR) is 167 cm³/mol. The molecule has 5 N–H and O–H groups in total. The molecule has 4 rings (SSSR count). The Bertz CT molecular complexity index is 1230. The lowest BCUT2D eigenvalue weighted by atomic mass is 9.92. The summed E-state index contributed by atoms with van der Waals surface area (Å²) in [6.07, 6.45) is 1.03. The zero-order chi connectivity index (χ0) is 33.9. The Labute approximate surface area is 273 Å². The summed E-state index contributed by atoms with van der Waals surface area (Å²) in [7, 11) is 0. The van der Waals surface area contributed by atoms with E-state index in [9.17, 15) is 25.2 Å². The number of carbonyl (C=O) groups excluding carboxylic acids is 1. The average Bonchev–Trinajstić information content (AvgIpc) is 3.08. The highest BCUT2D eigenvalue weighted by molar-refractivity contribution is 5.62. The van der Waals surface area contributed by atoms with Gasteiger partial charge in [0.2, 0.25) is 5.95 Å². The molecule has 3 heterocycles. The molecule has 47 heavy (non-hydrogen) atoms. The second-order valence-electron chi connectivity index (χ2n) is 12.1. The molecule has 2 fully saturated rings. The van der Waals surface area contributed by atoms with Gasteiger partial charge in [0.05, 0.1) is 44.4 Å². The number of carbonyl (C=O) groups is 1. The predicted octanol–water partition coefficient (Wildman–Crippen LogP) is 0.523. The molecular weight excluding hydrogens is 620 g/mol. The van der Waals surface area contributed by atoms with Crippen LogP contribution in [0.4, 0.5) is 14.7 Å². The Hall–Kier alpha value is -3.05. The third-order valence-corrected chi connectivity index (χ3v) is 8.90. The number of hydrogen-bond acceptors (Lipinski definition) is 13. The minimum atomic E-state index is -1.73. The molecule has 1 aromatic heterocycles. The number of β-amino-alcohol motifs (C(OH)–C–C–N with tert-alkyl or cyclic N) is 1. The smallest absolute Gasteiger partial charge is 0.225 e. The highest BCUT2D eigenvalue weighted by atomic mass is 19.1. The number of ether oxygens (including phenoxy) is 2. The SMILES string of the molecule is CCOc1cnc(N2CCC(CCCOc3cc(F)c(C(C=O)N4CCN(C[C@H](O)[C@@H](O)[C@H](O)[C@H](O)CO)CC4)c(F)c3)CC2)nc1. The van der Waals surface area contributed by atoms with Crippen LogP contribution in [-0.4, -0.2) is 142 Å². The summed E-state index contributed by atoms with van der Waals surface area (Å²) in [6.45, 7) is 4.74. The first-order chi connectivity index (χ1) is 22.6. The number of anilines is 1. The summed E-state index contributed by atoms with van der Waals surface area (Å²) >= 11 is 0. The topological polar surface area (TPSA) is 172 Å². The summed E-state index contributed by atoms with van der Waals surface area (Å²) in [5, 5.41) is 48.6. The second-order valence-corrected chi connectivity index (χ2v) is 12.1. The standard InChI is InChI=1S/C32H47F2N5O8/c1-2-46-23-16-35-32(36-17-23)39-7-5-21(6-8-39)4-3-13-47-22-14-24(33)29(25(34)15-22)26(19-40)38-11-9-37(10-12-38)18-27(42)30(44)31(45)28(43)20-41/h14-17,19,21,26-28,30-31,41-45H,2-13,18,20H2,1H3/t26?,27-,28+,30+,31+/m0/s1. The van der Waals surface area contributed by atoms with Crippen molar-refractivity contribution in [2.45, 2.75) is 63.1 Å². The summed E-state index contributed by atoms with van der Waals surface area (Å²) in [6, 6.07) is 1.04. The van der Waals surface area contributed by atoms with Crippen LogP contribution in [0, 0.1) is 17.6 Å². The Balaban J connectivity index is 1.20. The average molecular weight is 668 g/mol. The van der Waals surface area contributed by atoms with Crippen LogP contribution in [0.3, 0.4) is 0 Å². The third kappa shape index (κ3) is 9.98. The summed E-state index contributed by atoms with van der Waals surface area (Å²) < 4.78 is 41.5. The van der Waals surface area contributed by atoms with E-state index in [1.165, 1.54) is 0 Å². The molecule has 0 spiro atoms. The fourth-order valence-electron chi connectivity index (χ4n) is 6.12. The van der Waals surface area contributed by atoms with Crippen molar-refractivity contribution in [3.05, 3.63) is 41.7 Å². The number of halogens is 2. The van der Waals surface area contributed by atoms with E-state index in [2.05, 4.69) is 14.9 Å². The number of aliphatic hydroxyl groups is 5. The van der Waals surface area contributed by atoms with Crippen molar-refractivity contribution in [1.82, 2.24) is 19.8 Å². The molecular formula is C32H47F2N5O8. The lowest BCUT2D eigenvalue weighted by molar-refractivity contribution is -0.122. The Morgan fingerprint density at radius 1 is 0.915 bits per heavy atom. The maximum atomic E-state index is 15.2. The van der Waals surface area contributed by atoms with Crippen LogP contribution in [0.15, 0.2) is 24.5 Å². The molecule has 262 valence electrons. The fourth-order valence-corrected chi connectivity index (χ4v) is 6.12.